The van der Waals surface area contributed by atoms with E-state index in [1.165, 1.54) is 16.9 Å². The molecule has 0 aromatic carbocycles. The second-order valence-corrected chi connectivity index (χ2v) is 5.32. The highest BCUT2D eigenvalue weighted by atomic mass is 32.1. The summed E-state index contributed by atoms with van der Waals surface area (Å²) in [7, 11) is 0. The van der Waals surface area contributed by atoms with Gasteiger partial charge in [-0.15, -0.1) is 11.3 Å². The van der Waals surface area contributed by atoms with Crippen molar-refractivity contribution in [1.29, 1.82) is 0 Å². The summed E-state index contributed by atoms with van der Waals surface area (Å²) in [5, 5.41) is 1.98. The fourth-order valence-corrected chi connectivity index (χ4v) is 2.97. The van der Waals surface area contributed by atoms with Gasteiger partial charge in [-0.1, -0.05) is 0 Å². The van der Waals surface area contributed by atoms with Gasteiger partial charge >= 0.3 is 0 Å². The summed E-state index contributed by atoms with van der Waals surface area (Å²) >= 11 is 1.47. The number of hydrogen-bond acceptors (Lipinski definition) is 4. The Bertz CT molecular complexity index is 761. The summed E-state index contributed by atoms with van der Waals surface area (Å²) in [6.45, 7) is 2.62. The molecule has 0 amide bonds. The zero-order valence-electron chi connectivity index (χ0n) is 10.5. The predicted octanol–water partition coefficient (Wildman–Crippen LogP) is 2.40. The lowest BCUT2D eigenvalue weighted by atomic mass is 10.2. The van der Waals surface area contributed by atoms with Crippen LogP contribution >= 0.6 is 11.3 Å². The molecule has 0 saturated carbocycles. The third-order valence-corrected chi connectivity index (χ3v) is 4.19. The van der Waals surface area contributed by atoms with Gasteiger partial charge in [-0.25, -0.2) is 4.98 Å². The van der Waals surface area contributed by atoms with Crippen LogP contribution in [0.2, 0.25) is 0 Å². The largest absolute Gasteiger partial charge is 0.298 e. The first-order valence-electron chi connectivity index (χ1n) is 6.08. The maximum absolute atomic E-state index is 12.3. The second-order valence-electron chi connectivity index (χ2n) is 4.45. The molecule has 4 nitrogen and oxygen atoms in total. The van der Waals surface area contributed by atoms with Crippen molar-refractivity contribution in [3.05, 3.63) is 57.7 Å². The van der Waals surface area contributed by atoms with Crippen LogP contribution in [0.25, 0.3) is 10.2 Å². The van der Waals surface area contributed by atoms with Crippen molar-refractivity contribution >= 4 is 21.6 Å². The number of pyridine rings is 1. The van der Waals surface area contributed by atoms with Crippen molar-refractivity contribution in [3.8, 4) is 0 Å². The van der Waals surface area contributed by atoms with Crippen LogP contribution in [-0.2, 0) is 13.0 Å². The van der Waals surface area contributed by atoms with E-state index in [0.29, 0.717) is 6.54 Å². The third-order valence-electron chi connectivity index (χ3n) is 3.11. The van der Waals surface area contributed by atoms with Gasteiger partial charge in [-0.2, -0.15) is 0 Å². The van der Waals surface area contributed by atoms with E-state index in [9.17, 15) is 4.79 Å². The Hall–Kier alpha value is -2.01. The van der Waals surface area contributed by atoms with Gasteiger partial charge in [-0.3, -0.25) is 14.3 Å². The molecule has 3 heterocycles. The van der Waals surface area contributed by atoms with Crippen LogP contribution in [0.1, 0.15) is 11.1 Å². The molecule has 0 saturated heterocycles. The van der Waals surface area contributed by atoms with Crippen LogP contribution in [-0.4, -0.2) is 14.5 Å². The molecule has 0 radical (unpaired) electrons. The normalized spacial score (nSPS) is 11.0. The van der Waals surface area contributed by atoms with Crippen LogP contribution in [0.5, 0.6) is 0 Å². The molecule has 0 aliphatic rings. The van der Waals surface area contributed by atoms with Crippen LogP contribution < -0.4 is 5.56 Å². The highest BCUT2D eigenvalue weighted by molar-refractivity contribution is 7.17. The molecular weight excluding hydrogens is 258 g/mol. The van der Waals surface area contributed by atoms with Gasteiger partial charge in [0.2, 0.25) is 0 Å². The average molecular weight is 271 g/mol. The topological polar surface area (TPSA) is 47.8 Å². The minimum absolute atomic E-state index is 0.0529. The first kappa shape index (κ1) is 12.0. The molecule has 0 N–H and O–H groups in total. The smallest absolute Gasteiger partial charge is 0.271 e. The fourth-order valence-electron chi connectivity index (χ4n) is 2.02. The average Bonchev–Trinajstić information content (AvgIpc) is 2.82. The number of thiophene rings is 1. The lowest BCUT2D eigenvalue weighted by Crippen LogP contribution is -2.20. The lowest BCUT2D eigenvalue weighted by molar-refractivity contribution is 0.663. The van der Waals surface area contributed by atoms with Gasteiger partial charge in [-0.05, 0) is 42.0 Å². The minimum atomic E-state index is 0.0529. The lowest BCUT2D eigenvalue weighted by Gasteiger charge is -2.05. The number of aromatic nitrogens is 3. The van der Waals surface area contributed by atoms with E-state index in [4.69, 9.17) is 0 Å². The Morgan fingerprint density at radius 2 is 2.11 bits per heavy atom. The molecule has 3 aromatic heterocycles. The van der Waals surface area contributed by atoms with Gasteiger partial charge in [0.15, 0.2) is 0 Å². The third kappa shape index (κ3) is 2.29. The van der Waals surface area contributed by atoms with Gasteiger partial charge in [0.05, 0.1) is 11.8 Å². The Morgan fingerprint density at radius 1 is 1.32 bits per heavy atom. The van der Waals surface area contributed by atoms with E-state index < -0.39 is 0 Å². The molecule has 0 bridgehead atoms. The molecule has 0 aliphatic heterocycles. The standard InChI is InChI=1S/C14H13N3OS/c1-10-8-19-13-12(10)16-9-17(14(13)18)7-4-11-2-5-15-6-3-11/h2-3,5-6,8-9H,4,7H2,1H3. The predicted molar refractivity (Wildman–Crippen MR) is 76.6 cm³/mol. The maximum atomic E-state index is 12.3. The zero-order valence-corrected chi connectivity index (χ0v) is 11.4. The molecule has 0 unspecified atom stereocenters. The summed E-state index contributed by atoms with van der Waals surface area (Å²) in [6, 6.07) is 3.93. The highest BCUT2D eigenvalue weighted by Gasteiger charge is 2.08. The first-order chi connectivity index (χ1) is 9.25. The number of nitrogens with zero attached hydrogens (tertiary/aromatic N) is 3. The van der Waals surface area contributed by atoms with Crippen LogP contribution in [0.15, 0.2) is 41.0 Å². The molecule has 19 heavy (non-hydrogen) atoms. The van der Waals surface area contributed by atoms with E-state index in [0.717, 1.165) is 22.2 Å². The van der Waals surface area contributed by atoms with Crippen LogP contribution in [0.3, 0.4) is 0 Å². The fraction of sp³-hybridized carbons (Fsp3) is 0.214. The molecule has 0 spiro atoms. The summed E-state index contributed by atoms with van der Waals surface area (Å²) < 4.78 is 2.42. The van der Waals surface area contributed by atoms with Crippen molar-refractivity contribution in [2.45, 2.75) is 19.9 Å². The molecule has 96 valence electrons. The molecule has 3 aromatic rings. The molecule has 3 rings (SSSR count). The minimum Gasteiger partial charge on any atom is -0.298 e. The molecule has 0 fully saturated rings. The Balaban J connectivity index is 1.90. The highest BCUT2D eigenvalue weighted by Crippen LogP contribution is 2.19. The Labute approximate surface area is 114 Å². The van der Waals surface area contributed by atoms with Crippen molar-refractivity contribution < 1.29 is 0 Å². The molecular formula is C14H13N3OS. The number of fused-ring (bicyclic) bond motifs is 1. The monoisotopic (exact) mass is 271 g/mol. The maximum Gasteiger partial charge on any atom is 0.271 e. The SMILES string of the molecule is Cc1csc2c(=O)n(CCc3ccncc3)cnc12. The van der Waals surface area contributed by atoms with Gasteiger partial charge in [0.25, 0.3) is 5.56 Å². The van der Waals surface area contributed by atoms with E-state index in [1.54, 1.807) is 23.3 Å². The Kier molecular flexibility index (Phi) is 3.13. The van der Waals surface area contributed by atoms with Crippen molar-refractivity contribution in [3.63, 3.8) is 0 Å². The second kappa shape index (κ2) is 4.93. The summed E-state index contributed by atoms with van der Waals surface area (Å²) in [5.41, 5.74) is 3.12. The molecule has 0 aliphatic carbocycles. The number of aryl methyl sites for hydroxylation is 3. The first-order valence-corrected chi connectivity index (χ1v) is 6.96. The van der Waals surface area contributed by atoms with Gasteiger partial charge in [0.1, 0.15) is 4.70 Å². The summed E-state index contributed by atoms with van der Waals surface area (Å²) in [6.07, 6.45) is 5.98. The Morgan fingerprint density at radius 3 is 2.89 bits per heavy atom. The van der Waals surface area contributed by atoms with E-state index in [1.807, 2.05) is 24.4 Å². The van der Waals surface area contributed by atoms with Crippen molar-refractivity contribution in [2.24, 2.45) is 0 Å². The van der Waals surface area contributed by atoms with Crippen molar-refractivity contribution in [1.82, 2.24) is 14.5 Å². The van der Waals surface area contributed by atoms with Gasteiger partial charge < -0.3 is 0 Å². The van der Waals surface area contributed by atoms with E-state index >= 15 is 0 Å². The van der Waals surface area contributed by atoms with Gasteiger partial charge in [0, 0.05) is 18.9 Å². The van der Waals surface area contributed by atoms with E-state index in [-0.39, 0.29) is 5.56 Å². The van der Waals surface area contributed by atoms with Crippen LogP contribution in [0, 0.1) is 6.92 Å². The molecule has 5 heteroatoms. The quantitative estimate of drug-likeness (QED) is 0.735. The summed E-state index contributed by atoms with van der Waals surface area (Å²) in [5.74, 6) is 0. The van der Waals surface area contributed by atoms with Crippen LogP contribution in [0.4, 0.5) is 0 Å². The number of rotatable bonds is 3. The van der Waals surface area contributed by atoms with E-state index in [2.05, 4.69) is 9.97 Å². The molecule has 0 atom stereocenters. The summed E-state index contributed by atoms with van der Waals surface area (Å²) in [4.78, 5) is 20.6. The number of hydrogen-bond donors (Lipinski definition) is 0. The zero-order chi connectivity index (χ0) is 13.2. The van der Waals surface area contributed by atoms with Crippen molar-refractivity contribution in [2.75, 3.05) is 0 Å².